The molecule has 0 bridgehead atoms. The maximum absolute atomic E-state index is 12.1. The predicted molar refractivity (Wildman–Crippen MR) is 71.4 cm³/mol. The van der Waals surface area contributed by atoms with Crippen molar-refractivity contribution in [2.45, 2.75) is 51.2 Å². The Morgan fingerprint density at radius 3 is 2.76 bits per heavy atom. The Morgan fingerprint density at radius 1 is 1.53 bits per heavy atom. The van der Waals surface area contributed by atoms with E-state index in [0.717, 1.165) is 25.8 Å². The van der Waals surface area contributed by atoms with Crippen molar-refractivity contribution in [3.05, 3.63) is 0 Å². The zero-order valence-corrected chi connectivity index (χ0v) is 11.7. The summed E-state index contributed by atoms with van der Waals surface area (Å²) in [4.78, 5) is 14.1. The Labute approximate surface area is 110 Å². The van der Waals surface area contributed by atoms with E-state index in [-0.39, 0.29) is 24.4 Å². The Bertz CT molecular complexity index is 223. The molecule has 1 heterocycles. The van der Waals surface area contributed by atoms with Gasteiger partial charge in [0.1, 0.15) is 0 Å². The maximum Gasteiger partial charge on any atom is 0.225 e. The number of likely N-dealkylation sites (tertiary alicyclic amines) is 1. The van der Waals surface area contributed by atoms with Crippen molar-refractivity contribution in [3.63, 3.8) is 0 Å². The number of nitrogens with zero attached hydrogens (tertiary/aromatic N) is 1. The first-order chi connectivity index (χ1) is 7.72. The molecule has 4 nitrogen and oxygen atoms in total. The zero-order chi connectivity index (χ0) is 12.0. The maximum atomic E-state index is 12.1. The fraction of sp³-hybridized carbons (Fsp3) is 0.917. The lowest BCUT2D eigenvalue weighted by Crippen LogP contribution is -2.45. The number of amides is 1. The first-order valence-electron chi connectivity index (χ1n) is 6.25. The largest absolute Gasteiger partial charge is 0.380 e. The summed E-state index contributed by atoms with van der Waals surface area (Å²) in [6.07, 6.45) is 4.85. The van der Waals surface area contributed by atoms with E-state index in [1.807, 2.05) is 4.90 Å². The second kappa shape index (κ2) is 8.72. The highest BCUT2D eigenvalue weighted by molar-refractivity contribution is 5.85. The average molecular weight is 265 g/mol. The van der Waals surface area contributed by atoms with E-state index in [4.69, 9.17) is 10.5 Å². The van der Waals surface area contributed by atoms with Crippen LogP contribution in [0.25, 0.3) is 0 Å². The van der Waals surface area contributed by atoms with E-state index in [9.17, 15) is 4.79 Å². The summed E-state index contributed by atoms with van der Waals surface area (Å²) >= 11 is 0. The minimum atomic E-state index is -0.132. The van der Waals surface area contributed by atoms with Gasteiger partial charge in [0.15, 0.2) is 0 Å². The molecule has 0 spiro atoms. The molecule has 0 aromatic rings. The van der Waals surface area contributed by atoms with Gasteiger partial charge in [-0.25, -0.2) is 0 Å². The van der Waals surface area contributed by atoms with Crippen LogP contribution in [0.1, 0.15) is 39.0 Å². The first kappa shape index (κ1) is 16.7. The molecule has 2 atom stereocenters. The van der Waals surface area contributed by atoms with Crippen LogP contribution in [-0.2, 0) is 9.53 Å². The molecule has 0 aliphatic carbocycles. The number of ether oxygens (including phenoxy) is 1. The topological polar surface area (TPSA) is 55.6 Å². The monoisotopic (exact) mass is 264 g/mol. The number of hydrogen-bond acceptors (Lipinski definition) is 3. The summed E-state index contributed by atoms with van der Waals surface area (Å²) in [5, 5.41) is 0. The lowest BCUT2D eigenvalue weighted by atomic mass is 9.99. The summed E-state index contributed by atoms with van der Waals surface area (Å²) in [5.74, 6) is 0.198. The average Bonchev–Trinajstić information content (AvgIpc) is 2.35. The number of nitrogens with two attached hydrogens (primary N) is 1. The van der Waals surface area contributed by atoms with Crippen LogP contribution >= 0.6 is 12.4 Å². The smallest absolute Gasteiger partial charge is 0.225 e. The highest BCUT2D eigenvalue weighted by Crippen LogP contribution is 2.20. The molecule has 2 N–H and O–H groups in total. The van der Waals surface area contributed by atoms with Crippen LogP contribution in [-0.4, -0.2) is 43.2 Å². The van der Waals surface area contributed by atoms with Crippen LogP contribution in [0.3, 0.4) is 0 Å². The van der Waals surface area contributed by atoms with Crippen LogP contribution < -0.4 is 5.73 Å². The fourth-order valence-electron chi connectivity index (χ4n) is 2.33. The van der Waals surface area contributed by atoms with Gasteiger partial charge >= 0.3 is 0 Å². The predicted octanol–water partition coefficient (Wildman–Crippen LogP) is 1.56. The highest BCUT2D eigenvalue weighted by atomic mass is 35.5. The second-order valence-corrected chi connectivity index (χ2v) is 4.44. The molecule has 1 amide bonds. The first-order valence-corrected chi connectivity index (χ1v) is 6.25. The van der Waals surface area contributed by atoms with Gasteiger partial charge in [0.2, 0.25) is 5.91 Å². The molecular weight excluding hydrogens is 240 g/mol. The lowest BCUT2D eigenvalue weighted by molar-refractivity contribution is -0.137. The third-order valence-electron chi connectivity index (χ3n) is 3.42. The normalized spacial score (nSPS) is 21.8. The quantitative estimate of drug-likeness (QED) is 0.820. The SMILES string of the molecule is CCC1CCCCN1C(=O)CC(CN)OC.Cl. The summed E-state index contributed by atoms with van der Waals surface area (Å²) in [5.41, 5.74) is 5.53. The van der Waals surface area contributed by atoms with Gasteiger partial charge in [0, 0.05) is 26.2 Å². The number of carbonyl (C=O) groups is 1. The van der Waals surface area contributed by atoms with Crippen molar-refractivity contribution in [2.24, 2.45) is 5.73 Å². The van der Waals surface area contributed by atoms with E-state index in [0.29, 0.717) is 19.0 Å². The van der Waals surface area contributed by atoms with Crippen LogP contribution in [0.2, 0.25) is 0 Å². The van der Waals surface area contributed by atoms with Gasteiger partial charge < -0.3 is 15.4 Å². The van der Waals surface area contributed by atoms with Crippen molar-refractivity contribution < 1.29 is 9.53 Å². The molecule has 1 aliphatic heterocycles. The number of hydrogen-bond donors (Lipinski definition) is 1. The van der Waals surface area contributed by atoms with Gasteiger partial charge in [-0.15, -0.1) is 12.4 Å². The zero-order valence-electron chi connectivity index (χ0n) is 10.9. The van der Waals surface area contributed by atoms with E-state index >= 15 is 0 Å². The van der Waals surface area contributed by atoms with Gasteiger partial charge in [0.05, 0.1) is 12.5 Å². The fourth-order valence-corrected chi connectivity index (χ4v) is 2.33. The molecule has 1 rings (SSSR count). The van der Waals surface area contributed by atoms with Gasteiger partial charge in [-0.3, -0.25) is 4.79 Å². The van der Waals surface area contributed by atoms with Crippen molar-refractivity contribution in [3.8, 4) is 0 Å². The Morgan fingerprint density at radius 2 is 2.24 bits per heavy atom. The van der Waals surface area contributed by atoms with Gasteiger partial charge in [0.25, 0.3) is 0 Å². The molecule has 1 saturated heterocycles. The number of rotatable bonds is 5. The molecule has 2 unspecified atom stereocenters. The van der Waals surface area contributed by atoms with E-state index < -0.39 is 0 Å². The molecule has 102 valence electrons. The van der Waals surface area contributed by atoms with Crippen LogP contribution in [0.5, 0.6) is 0 Å². The second-order valence-electron chi connectivity index (χ2n) is 4.44. The van der Waals surface area contributed by atoms with Crippen molar-refractivity contribution in [2.75, 3.05) is 20.2 Å². The number of carbonyl (C=O) groups excluding carboxylic acids is 1. The standard InChI is InChI=1S/C12H24N2O2.ClH/c1-3-10-6-4-5-7-14(10)12(15)8-11(9-13)16-2;/h10-11H,3-9,13H2,1-2H3;1H. The molecule has 0 saturated carbocycles. The van der Waals surface area contributed by atoms with E-state index in [2.05, 4.69) is 6.92 Å². The van der Waals surface area contributed by atoms with Crippen LogP contribution in [0.15, 0.2) is 0 Å². The van der Waals surface area contributed by atoms with Crippen molar-refractivity contribution in [1.82, 2.24) is 4.90 Å². The molecule has 5 heteroatoms. The van der Waals surface area contributed by atoms with E-state index in [1.165, 1.54) is 6.42 Å². The number of halogens is 1. The third kappa shape index (κ3) is 4.82. The Balaban J connectivity index is 0.00000256. The molecule has 1 fully saturated rings. The van der Waals surface area contributed by atoms with Gasteiger partial charge in [-0.2, -0.15) is 0 Å². The van der Waals surface area contributed by atoms with Crippen LogP contribution in [0, 0.1) is 0 Å². The Kier molecular flexibility index (Phi) is 8.56. The summed E-state index contributed by atoms with van der Waals surface area (Å²) in [6, 6.07) is 0.427. The number of piperidine rings is 1. The molecule has 0 radical (unpaired) electrons. The van der Waals surface area contributed by atoms with Crippen molar-refractivity contribution >= 4 is 18.3 Å². The molecule has 0 aromatic carbocycles. The summed E-state index contributed by atoms with van der Waals surface area (Å²) in [6.45, 7) is 3.46. The highest BCUT2D eigenvalue weighted by Gasteiger charge is 2.26. The minimum Gasteiger partial charge on any atom is -0.380 e. The summed E-state index contributed by atoms with van der Waals surface area (Å²) in [7, 11) is 1.61. The molecule has 0 aromatic heterocycles. The van der Waals surface area contributed by atoms with Crippen molar-refractivity contribution in [1.29, 1.82) is 0 Å². The molecule has 1 aliphatic rings. The number of methoxy groups -OCH3 is 1. The van der Waals surface area contributed by atoms with Gasteiger partial charge in [-0.1, -0.05) is 6.92 Å². The third-order valence-corrected chi connectivity index (χ3v) is 3.42. The summed E-state index contributed by atoms with van der Waals surface area (Å²) < 4.78 is 5.16. The lowest BCUT2D eigenvalue weighted by Gasteiger charge is -2.36. The van der Waals surface area contributed by atoms with Gasteiger partial charge in [-0.05, 0) is 25.7 Å². The molecular formula is C12H25ClN2O2. The van der Waals surface area contributed by atoms with Crippen LogP contribution in [0.4, 0.5) is 0 Å². The molecule has 17 heavy (non-hydrogen) atoms. The Hall–Kier alpha value is -0.320. The minimum absolute atomic E-state index is 0. The van der Waals surface area contributed by atoms with E-state index in [1.54, 1.807) is 7.11 Å².